The van der Waals surface area contributed by atoms with Crippen LogP contribution in [0.2, 0.25) is 0 Å². The van der Waals surface area contributed by atoms with Crippen LogP contribution in [-0.4, -0.2) is 21.2 Å². The Bertz CT molecular complexity index is 421. The normalized spacial score (nSPS) is 13.6. The molecule has 0 aromatic carbocycles. The van der Waals surface area contributed by atoms with E-state index in [9.17, 15) is 18.0 Å². The minimum atomic E-state index is -4.73. The van der Waals surface area contributed by atoms with Crippen LogP contribution in [0.15, 0.2) is 12.3 Å². The van der Waals surface area contributed by atoms with Crippen LogP contribution >= 0.6 is 22.6 Å². The fourth-order valence-electron chi connectivity index (χ4n) is 1.04. The Kier molecular flexibility index (Phi) is 3.73. The topological polar surface area (TPSA) is 70.4 Å². The predicted molar refractivity (Wildman–Crippen MR) is 54.6 cm³/mol. The molecule has 4 nitrogen and oxygen atoms in total. The lowest BCUT2D eigenvalue weighted by Gasteiger charge is -2.14. The van der Waals surface area contributed by atoms with Gasteiger partial charge >= 0.3 is 12.1 Å². The maximum absolute atomic E-state index is 12.5. The van der Waals surface area contributed by atoms with E-state index in [-0.39, 0.29) is 3.70 Å². The molecule has 0 bridgehead atoms. The van der Waals surface area contributed by atoms with Gasteiger partial charge in [-0.3, -0.25) is 0 Å². The first-order valence-corrected chi connectivity index (χ1v) is 4.95. The predicted octanol–water partition coefficient (Wildman–Crippen LogP) is 1.82. The number of pyridine rings is 1. The second kappa shape index (κ2) is 4.53. The molecule has 0 aliphatic carbocycles. The summed E-state index contributed by atoms with van der Waals surface area (Å²) in [7, 11) is 0. The van der Waals surface area contributed by atoms with Crippen molar-refractivity contribution in [3.8, 4) is 0 Å². The van der Waals surface area contributed by atoms with E-state index in [0.717, 1.165) is 0 Å². The number of aliphatic hydroxyl groups excluding tert-OH is 1. The van der Waals surface area contributed by atoms with Gasteiger partial charge in [0.15, 0.2) is 6.10 Å². The summed E-state index contributed by atoms with van der Waals surface area (Å²) in [6.07, 6.45) is -6.25. The highest BCUT2D eigenvalue weighted by Gasteiger charge is 2.37. The molecule has 1 aromatic rings. The molecule has 1 heterocycles. The van der Waals surface area contributed by atoms with Gasteiger partial charge in [0, 0.05) is 11.8 Å². The van der Waals surface area contributed by atoms with Crippen molar-refractivity contribution in [2.45, 2.75) is 12.3 Å². The number of aliphatic carboxylic acids is 1. The van der Waals surface area contributed by atoms with Crippen molar-refractivity contribution in [2.24, 2.45) is 0 Å². The standard InChI is InChI=1S/C8H5F3INO3/c9-8(10,11)4-1-5(12)13-2-3(4)6(14)7(15)16/h1-2,6,14H,(H,15,16). The molecular formula is C8H5F3INO3. The third-order valence-electron chi connectivity index (χ3n) is 1.74. The highest BCUT2D eigenvalue weighted by Crippen LogP contribution is 2.34. The van der Waals surface area contributed by atoms with Crippen LogP contribution in [0.3, 0.4) is 0 Å². The zero-order chi connectivity index (χ0) is 12.5. The van der Waals surface area contributed by atoms with Crippen LogP contribution in [0, 0.1) is 3.70 Å². The van der Waals surface area contributed by atoms with Crippen LogP contribution < -0.4 is 0 Å². The molecule has 0 fully saturated rings. The Morgan fingerprint density at radius 3 is 2.50 bits per heavy atom. The van der Waals surface area contributed by atoms with Gasteiger partial charge in [0.25, 0.3) is 0 Å². The number of aromatic nitrogens is 1. The van der Waals surface area contributed by atoms with Crippen molar-refractivity contribution in [3.05, 3.63) is 27.1 Å². The Morgan fingerprint density at radius 2 is 2.06 bits per heavy atom. The van der Waals surface area contributed by atoms with E-state index in [0.29, 0.717) is 12.3 Å². The molecule has 1 unspecified atom stereocenters. The SMILES string of the molecule is O=C(O)C(O)c1cnc(I)cc1C(F)(F)F. The van der Waals surface area contributed by atoms with E-state index < -0.39 is 29.4 Å². The van der Waals surface area contributed by atoms with Crippen molar-refractivity contribution >= 4 is 28.6 Å². The second-order valence-corrected chi connectivity index (χ2v) is 3.94. The maximum atomic E-state index is 12.5. The molecule has 0 aliphatic rings. The molecule has 2 N–H and O–H groups in total. The molecule has 0 amide bonds. The monoisotopic (exact) mass is 347 g/mol. The van der Waals surface area contributed by atoms with E-state index in [1.54, 1.807) is 22.6 Å². The van der Waals surface area contributed by atoms with Crippen molar-refractivity contribution in [3.63, 3.8) is 0 Å². The smallest absolute Gasteiger partial charge is 0.416 e. The van der Waals surface area contributed by atoms with Gasteiger partial charge in [0.1, 0.15) is 3.70 Å². The van der Waals surface area contributed by atoms with Gasteiger partial charge in [-0.1, -0.05) is 0 Å². The van der Waals surface area contributed by atoms with Crippen LogP contribution in [0.4, 0.5) is 13.2 Å². The number of aliphatic hydroxyl groups is 1. The molecule has 1 rings (SSSR count). The molecule has 88 valence electrons. The molecular weight excluding hydrogens is 342 g/mol. The van der Waals surface area contributed by atoms with Gasteiger partial charge in [-0.15, -0.1) is 0 Å². The summed E-state index contributed by atoms with van der Waals surface area (Å²) in [6.45, 7) is 0. The average Bonchev–Trinajstić information content (AvgIpc) is 2.15. The third kappa shape index (κ3) is 2.82. The zero-order valence-electron chi connectivity index (χ0n) is 7.49. The summed E-state index contributed by atoms with van der Waals surface area (Å²) in [5, 5.41) is 17.5. The number of rotatable bonds is 2. The Balaban J connectivity index is 3.34. The number of hydrogen-bond donors (Lipinski definition) is 2. The number of hydrogen-bond acceptors (Lipinski definition) is 3. The molecule has 8 heteroatoms. The van der Waals surface area contributed by atoms with Gasteiger partial charge in [0.05, 0.1) is 5.56 Å². The molecule has 0 spiro atoms. The summed E-state index contributed by atoms with van der Waals surface area (Å²) in [4.78, 5) is 13.9. The first-order valence-electron chi connectivity index (χ1n) is 3.87. The molecule has 0 aliphatic heterocycles. The van der Waals surface area contributed by atoms with E-state index in [4.69, 9.17) is 10.2 Å². The van der Waals surface area contributed by atoms with Gasteiger partial charge in [-0.25, -0.2) is 9.78 Å². The Labute approximate surface area is 101 Å². The first-order chi connectivity index (χ1) is 7.23. The number of carbonyl (C=O) groups is 1. The largest absolute Gasteiger partial charge is 0.479 e. The molecule has 1 aromatic heterocycles. The average molecular weight is 347 g/mol. The van der Waals surface area contributed by atoms with E-state index in [1.165, 1.54) is 0 Å². The fraction of sp³-hybridized carbons (Fsp3) is 0.250. The van der Waals surface area contributed by atoms with Crippen LogP contribution in [0.5, 0.6) is 0 Å². The van der Waals surface area contributed by atoms with E-state index in [1.807, 2.05) is 0 Å². The fourth-order valence-corrected chi connectivity index (χ4v) is 1.49. The van der Waals surface area contributed by atoms with Crippen molar-refractivity contribution in [2.75, 3.05) is 0 Å². The van der Waals surface area contributed by atoms with Crippen LogP contribution in [0.25, 0.3) is 0 Å². The molecule has 0 radical (unpaired) electrons. The maximum Gasteiger partial charge on any atom is 0.416 e. The van der Waals surface area contributed by atoms with Gasteiger partial charge in [0.2, 0.25) is 0 Å². The quantitative estimate of drug-likeness (QED) is 0.633. The minimum Gasteiger partial charge on any atom is -0.479 e. The lowest BCUT2D eigenvalue weighted by molar-refractivity contribution is -0.149. The summed E-state index contributed by atoms with van der Waals surface area (Å²) >= 11 is 1.56. The zero-order valence-corrected chi connectivity index (χ0v) is 9.65. The molecule has 16 heavy (non-hydrogen) atoms. The first kappa shape index (κ1) is 13.2. The Morgan fingerprint density at radius 1 is 1.50 bits per heavy atom. The molecule has 0 saturated carbocycles. The van der Waals surface area contributed by atoms with Crippen molar-refractivity contribution < 1.29 is 28.2 Å². The Hall–Kier alpha value is -0.900. The van der Waals surface area contributed by atoms with Gasteiger partial charge < -0.3 is 10.2 Å². The lowest BCUT2D eigenvalue weighted by atomic mass is 10.1. The highest BCUT2D eigenvalue weighted by molar-refractivity contribution is 14.1. The molecule has 0 saturated heterocycles. The summed E-state index contributed by atoms with van der Waals surface area (Å²) < 4.78 is 37.6. The summed E-state index contributed by atoms with van der Waals surface area (Å²) in [5.74, 6) is -1.76. The lowest BCUT2D eigenvalue weighted by Crippen LogP contribution is -2.18. The summed E-state index contributed by atoms with van der Waals surface area (Å²) in [5.41, 5.74) is -1.96. The molecule has 1 atom stereocenters. The van der Waals surface area contributed by atoms with E-state index in [2.05, 4.69) is 4.98 Å². The van der Waals surface area contributed by atoms with Gasteiger partial charge in [-0.2, -0.15) is 13.2 Å². The van der Waals surface area contributed by atoms with Gasteiger partial charge in [-0.05, 0) is 28.7 Å². The third-order valence-corrected chi connectivity index (χ3v) is 2.33. The minimum absolute atomic E-state index is 0.0614. The second-order valence-electron chi connectivity index (χ2n) is 2.83. The van der Waals surface area contributed by atoms with E-state index >= 15 is 0 Å². The van der Waals surface area contributed by atoms with Crippen molar-refractivity contribution in [1.29, 1.82) is 0 Å². The van der Waals surface area contributed by atoms with Crippen LogP contribution in [0.1, 0.15) is 17.2 Å². The van der Waals surface area contributed by atoms with Crippen LogP contribution in [-0.2, 0) is 11.0 Å². The number of carboxylic acids is 1. The van der Waals surface area contributed by atoms with Crippen molar-refractivity contribution in [1.82, 2.24) is 4.98 Å². The number of nitrogens with zero attached hydrogens (tertiary/aromatic N) is 1. The number of carboxylic acid groups (broad SMARTS) is 1. The summed E-state index contributed by atoms with van der Waals surface area (Å²) in [6, 6.07) is 0.683. The highest BCUT2D eigenvalue weighted by atomic mass is 127. The number of alkyl halides is 3. The number of halogens is 4.